The highest BCUT2D eigenvalue weighted by Gasteiger charge is 1.96. The van der Waals surface area contributed by atoms with Crippen LogP contribution in [0.25, 0.3) is 0 Å². The number of methoxy groups -OCH3 is 1. The van der Waals surface area contributed by atoms with Crippen LogP contribution in [0.1, 0.15) is 0 Å². The van der Waals surface area contributed by atoms with Gasteiger partial charge in [-0.1, -0.05) is 0 Å². The van der Waals surface area contributed by atoms with Crippen molar-refractivity contribution in [3.05, 3.63) is 24.3 Å². The fourth-order valence-electron chi connectivity index (χ4n) is 1.39. The van der Waals surface area contributed by atoms with E-state index in [1.165, 1.54) is 0 Å². The molecule has 0 aliphatic carbocycles. The molecule has 3 N–H and O–H groups in total. The second-order valence-electron chi connectivity index (χ2n) is 3.73. The molecule has 18 heavy (non-hydrogen) atoms. The average Bonchev–Trinajstić information content (AvgIpc) is 2.42. The predicted octanol–water partition coefficient (Wildman–Crippen LogP) is -0.354. The monoisotopic (exact) mass is 256 g/mol. The molecule has 0 saturated heterocycles. The molecule has 102 valence electrons. The number of hydrogen-bond acceptors (Lipinski definition) is 4. The molecular formula is C13H22NO4+. The van der Waals surface area contributed by atoms with Gasteiger partial charge < -0.3 is 24.6 Å². The van der Waals surface area contributed by atoms with Gasteiger partial charge in [0.25, 0.3) is 0 Å². The molecule has 1 aromatic carbocycles. The number of quaternary nitrogens is 1. The number of aliphatic hydroxyl groups excluding tert-OH is 1. The standard InChI is InChI=1S/C13H21NO4/c1-16-12-2-4-13(5-3-12)18-11-10-17-9-7-14-6-8-15/h2-5,14-15H,6-11H2,1H3/p+1. The molecular weight excluding hydrogens is 234 g/mol. The lowest BCUT2D eigenvalue weighted by atomic mass is 10.3. The quantitative estimate of drug-likeness (QED) is 0.561. The second kappa shape index (κ2) is 9.70. The fourth-order valence-corrected chi connectivity index (χ4v) is 1.39. The Hall–Kier alpha value is -1.30. The molecule has 0 saturated carbocycles. The minimum absolute atomic E-state index is 0.209. The first kappa shape index (κ1) is 14.8. The molecule has 0 atom stereocenters. The van der Waals surface area contributed by atoms with Gasteiger partial charge in [0.1, 0.15) is 18.1 Å². The van der Waals surface area contributed by atoms with Crippen molar-refractivity contribution in [2.24, 2.45) is 0 Å². The van der Waals surface area contributed by atoms with Gasteiger partial charge in [-0.05, 0) is 24.3 Å². The molecule has 0 aliphatic rings. The number of benzene rings is 1. The van der Waals surface area contributed by atoms with Gasteiger partial charge in [0.05, 0.1) is 40.0 Å². The maximum absolute atomic E-state index is 8.57. The van der Waals surface area contributed by atoms with Crippen molar-refractivity contribution in [2.45, 2.75) is 0 Å². The number of rotatable bonds is 10. The summed E-state index contributed by atoms with van der Waals surface area (Å²) in [7, 11) is 1.64. The Morgan fingerprint density at radius 2 is 1.72 bits per heavy atom. The van der Waals surface area contributed by atoms with Crippen LogP contribution in [0.2, 0.25) is 0 Å². The minimum atomic E-state index is 0.209. The zero-order chi connectivity index (χ0) is 13.1. The van der Waals surface area contributed by atoms with Crippen LogP contribution in [-0.2, 0) is 4.74 Å². The summed E-state index contributed by atoms with van der Waals surface area (Å²) in [6.07, 6.45) is 0. The van der Waals surface area contributed by atoms with E-state index in [1.807, 2.05) is 29.6 Å². The van der Waals surface area contributed by atoms with E-state index >= 15 is 0 Å². The number of ether oxygens (including phenoxy) is 3. The van der Waals surface area contributed by atoms with Crippen molar-refractivity contribution in [2.75, 3.05) is 46.6 Å². The lowest BCUT2D eigenvalue weighted by molar-refractivity contribution is -0.657. The highest BCUT2D eigenvalue weighted by atomic mass is 16.5. The summed E-state index contributed by atoms with van der Waals surface area (Å²) in [5, 5.41) is 10.6. The summed E-state index contributed by atoms with van der Waals surface area (Å²) in [6, 6.07) is 7.46. The second-order valence-corrected chi connectivity index (χ2v) is 3.73. The predicted molar refractivity (Wildman–Crippen MR) is 68.1 cm³/mol. The summed E-state index contributed by atoms with van der Waals surface area (Å²) in [5.74, 6) is 1.63. The summed E-state index contributed by atoms with van der Waals surface area (Å²) >= 11 is 0. The van der Waals surface area contributed by atoms with E-state index in [9.17, 15) is 0 Å². The van der Waals surface area contributed by atoms with Crippen LogP contribution in [0.3, 0.4) is 0 Å². The molecule has 0 unspecified atom stereocenters. The molecule has 5 nitrogen and oxygen atoms in total. The fraction of sp³-hybridized carbons (Fsp3) is 0.538. The minimum Gasteiger partial charge on any atom is -0.497 e. The van der Waals surface area contributed by atoms with Crippen molar-refractivity contribution < 1.29 is 24.6 Å². The van der Waals surface area contributed by atoms with Gasteiger partial charge in [-0.25, -0.2) is 0 Å². The topological polar surface area (TPSA) is 64.5 Å². The van der Waals surface area contributed by atoms with Crippen molar-refractivity contribution in [1.29, 1.82) is 0 Å². The molecule has 0 bridgehead atoms. The Kier molecular flexibility index (Phi) is 7.96. The largest absolute Gasteiger partial charge is 0.497 e. The molecule has 0 spiro atoms. The normalized spacial score (nSPS) is 10.3. The van der Waals surface area contributed by atoms with E-state index in [0.717, 1.165) is 24.6 Å². The first-order chi connectivity index (χ1) is 8.86. The number of hydrogen-bond donors (Lipinski definition) is 2. The zero-order valence-electron chi connectivity index (χ0n) is 10.8. The van der Waals surface area contributed by atoms with Gasteiger partial charge in [0, 0.05) is 0 Å². The van der Waals surface area contributed by atoms with Crippen LogP contribution >= 0.6 is 0 Å². The van der Waals surface area contributed by atoms with Gasteiger partial charge in [0.15, 0.2) is 0 Å². The van der Waals surface area contributed by atoms with Crippen LogP contribution in [0.5, 0.6) is 11.5 Å². The summed E-state index contributed by atoms with van der Waals surface area (Å²) in [5.41, 5.74) is 0. The average molecular weight is 256 g/mol. The molecule has 0 aromatic heterocycles. The van der Waals surface area contributed by atoms with E-state index in [0.29, 0.717) is 19.8 Å². The van der Waals surface area contributed by atoms with E-state index in [4.69, 9.17) is 19.3 Å². The van der Waals surface area contributed by atoms with Crippen molar-refractivity contribution in [3.8, 4) is 11.5 Å². The first-order valence-corrected chi connectivity index (χ1v) is 6.14. The van der Waals surface area contributed by atoms with Gasteiger partial charge in [-0.3, -0.25) is 0 Å². The molecule has 1 rings (SSSR count). The highest BCUT2D eigenvalue weighted by molar-refractivity contribution is 5.31. The third kappa shape index (κ3) is 6.44. The maximum atomic E-state index is 8.57. The lowest BCUT2D eigenvalue weighted by Crippen LogP contribution is -2.86. The van der Waals surface area contributed by atoms with E-state index in [-0.39, 0.29) is 6.61 Å². The van der Waals surface area contributed by atoms with Crippen molar-refractivity contribution >= 4 is 0 Å². The Morgan fingerprint density at radius 3 is 2.39 bits per heavy atom. The molecule has 1 aromatic rings. The van der Waals surface area contributed by atoms with Crippen LogP contribution in [0, 0.1) is 0 Å². The van der Waals surface area contributed by atoms with Crippen LogP contribution in [0.4, 0.5) is 0 Å². The van der Waals surface area contributed by atoms with Crippen LogP contribution in [-0.4, -0.2) is 51.7 Å². The lowest BCUT2D eigenvalue weighted by Gasteiger charge is -2.07. The van der Waals surface area contributed by atoms with Crippen molar-refractivity contribution in [3.63, 3.8) is 0 Å². The van der Waals surface area contributed by atoms with Crippen molar-refractivity contribution in [1.82, 2.24) is 0 Å². The maximum Gasteiger partial charge on any atom is 0.119 e. The van der Waals surface area contributed by atoms with E-state index < -0.39 is 0 Å². The smallest absolute Gasteiger partial charge is 0.119 e. The van der Waals surface area contributed by atoms with Crippen LogP contribution in [0.15, 0.2) is 24.3 Å². The van der Waals surface area contributed by atoms with E-state index in [1.54, 1.807) is 7.11 Å². The van der Waals surface area contributed by atoms with Crippen LogP contribution < -0.4 is 14.8 Å². The summed E-state index contributed by atoms with van der Waals surface area (Å²) < 4.78 is 15.9. The molecule has 0 heterocycles. The van der Waals surface area contributed by atoms with E-state index in [2.05, 4.69) is 0 Å². The number of aliphatic hydroxyl groups is 1. The van der Waals surface area contributed by atoms with Gasteiger partial charge in [-0.15, -0.1) is 0 Å². The third-order valence-corrected chi connectivity index (χ3v) is 2.36. The van der Waals surface area contributed by atoms with Gasteiger partial charge in [0.2, 0.25) is 0 Å². The molecule has 5 heteroatoms. The number of nitrogens with two attached hydrogens (primary N) is 1. The molecule has 0 aliphatic heterocycles. The zero-order valence-corrected chi connectivity index (χ0v) is 10.8. The SMILES string of the molecule is COc1ccc(OCCOCC[NH2+]CCO)cc1. The Balaban J connectivity index is 2.00. The third-order valence-electron chi connectivity index (χ3n) is 2.36. The molecule has 0 fully saturated rings. The van der Waals surface area contributed by atoms with Gasteiger partial charge in [-0.2, -0.15) is 0 Å². The first-order valence-electron chi connectivity index (χ1n) is 6.14. The summed E-state index contributed by atoms with van der Waals surface area (Å²) in [4.78, 5) is 0. The summed E-state index contributed by atoms with van der Waals surface area (Å²) in [6.45, 7) is 3.58. The Labute approximate surface area is 108 Å². The Bertz CT molecular complexity index is 302. The molecule has 0 radical (unpaired) electrons. The highest BCUT2D eigenvalue weighted by Crippen LogP contribution is 2.16. The van der Waals surface area contributed by atoms with Gasteiger partial charge >= 0.3 is 0 Å². The molecule has 0 amide bonds. The Morgan fingerprint density at radius 1 is 1.00 bits per heavy atom.